The highest BCUT2D eigenvalue weighted by atomic mass is 32.1. The highest BCUT2D eigenvalue weighted by molar-refractivity contribution is 7.07. The van der Waals surface area contributed by atoms with Crippen molar-refractivity contribution in [1.29, 1.82) is 0 Å². The van der Waals surface area contributed by atoms with Crippen LogP contribution in [0.5, 0.6) is 17.2 Å². The molecule has 1 aliphatic heterocycles. The van der Waals surface area contributed by atoms with Gasteiger partial charge in [0.2, 0.25) is 0 Å². The van der Waals surface area contributed by atoms with E-state index >= 15 is 0 Å². The molecule has 0 fully saturated rings. The molecule has 0 aliphatic carbocycles. The Labute approximate surface area is 246 Å². The van der Waals surface area contributed by atoms with E-state index < -0.39 is 12.0 Å². The van der Waals surface area contributed by atoms with Gasteiger partial charge in [-0.25, -0.2) is 9.79 Å². The average Bonchev–Trinajstić information content (AvgIpc) is 3.30. The van der Waals surface area contributed by atoms with Crippen molar-refractivity contribution in [3.63, 3.8) is 0 Å². The third kappa shape index (κ3) is 5.43. The molecular weight excluding hydrogens is 556 g/mol. The van der Waals surface area contributed by atoms with E-state index in [9.17, 15) is 14.7 Å². The number of para-hydroxylation sites is 1. The van der Waals surface area contributed by atoms with E-state index in [1.165, 1.54) is 23.0 Å². The molecule has 10 heteroatoms. The molecule has 2 heterocycles. The summed E-state index contributed by atoms with van der Waals surface area (Å²) in [7, 11) is 3.06. The molecule has 5 rings (SSSR count). The fourth-order valence-electron chi connectivity index (χ4n) is 5.01. The summed E-state index contributed by atoms with van der Waals surface area (Å²) in [6.45, 7) is 4.39. The summed E-state index contributed by atoms with van der Waals surface area (Å²) in [5.74, 6) is 0.358. The van der Waals surface area contributed by atoms with Crippen molar-refractivity contribution in [1.82, 2.24) is 4.57 Å². The number of fused-ring (bicyclic) bond motifs is 2. The number of phenols is 1. The molecule has 0 saturated heterocycles. The zero-order chi connectivity index (χ0) is 29.8. The molecule has 1 aliphatic rings. The van der Waals surface area contributed by atoms with Gasteiger partial charge in [-0.15, -0.1) is 0 Å². The van der Waals surface area contributed by atoms with Crippen LogP contribution in [0, 0.1) is 0 Å². The lowest BCUT2D eigenvalue weighted by atomic mass is 9.94. The molecule has 0 unspecified atom stereocenters. The Morgan fingerprint density at radius 2 is 1.88 bits per heavy atom. The maximum Gasteiger partial charge on any atom is 0.338 e. The maximum absolute atomic E-state index is 14.2. The van der Waals surface area contributed by atoms with Gasteiger partial charge in [0.1, 0.15) is 18.4 Å². The van der Waals surface area contributed by atoms with Crippen LogP contribution in [0.1, 0.15) is 37.4 Å². The Hall–Kier alpha value is -4.41. The lowest BCUT2D eigenvalue weighted by molar-refractivity contribution is -0.140. The molecule has 0 saturated carbocycles. The van der Waals surface area contributed by atoms with Crippen molar-refractivity contribution in [3.05, 3.63) is 96.7 Å². The first kappa shape index (κ1) is 29.1. The van der Waals surface area contributed by atoms with Gasteiger partial charge in [0, 0.05) is 18.2 Å². The Morgan fingerprint density at radius 1 is 1.07 bits per heavy atom. The first-order valence-electron chi connectivity index (χ1n) is 13.6. The number of thiazole rings is 1. The van der Waals surface area contributed by atoms with Crippen LogP contribution in [0.15, 0.2) is 75.7 Å². The number of ether oxygens (including phenoxy) is 4. The van der Waals surface area contributed by atoms with Gasteiger partial charge in [0.15, 0.2) is 16.3 Å². The maximum atomic E-state index is 14.2. The predicted molar refractivity (Wildman–Crippen MR) is 161 cm³/mol. The molecule has 1 N–H and O–H groups in total. The van der Waals surface area contributed by atoms with Crippen LogP contribution >= 0.6 is 11.3 Å². The van der Waals surface area contributed by atoms with Crippen LogP contribution in [0.25, 0.3) is 16.8 Å². The average molecular weight is 589 g/mol. The molecule has 1 atom stereocenters. The summed E-state index contributed by atoms with van der Waals surface area (Å²) >= 11 is 1.18. The minimum Gasteiger partial charge on any atom is -0.507 e. The largest absolute Gasteiger partial charge is 0.507 e. The van der Waals surface area contributed by atoms with Crippen molar-refractivity contribution in [2.45, 2.75) is 26.3 Å². The molecule has 1 aromatic heterocycles. The smallest absolute Gasteiger partial charge is 0.338 e. The van der Waals surface area contributed by atoms with Crippen molar-refractivity contribution < 1.29 is 28.8 Å². The van der Waals surface area contributed by atoms with Crippen molar-refractivity contribution in [2.24, 2.45) is 4.99 Å². The van der Waals surface area contributed by atoms with E-state index in [4.69, 9.17) is 18.9 Å². The number of methoxy groups -OCH3 is 2. The molecule has 3 aromatic carbocycles. The van der Waals surface area contributed by atoms with Gasteiger partial charge in [-0.2, -0.15) is 0 Å². The number of hydrogen-bond acceptors (Lipinski definition) is 9. The standard InChI is InChI=1S/C32H32N2O7S/c1-5-15-40-29-22(11-8-12-25(29)39-4)28-27(31(37)41-17-16-38-3)19(2)33-32-34(28)30(36)26(42-32)18-23-21-10-7-6-9-20(21)13-14-24(23)35/h6-14,18,28,35H,5,15-17H2,1-4H3/b26-18+/t28-/m1/s1. The fraction of sp³-hybridized carbons (Fsp3) is 0.281. The lowest BCUT2D eigenvalue weighted by Gasteiger charge is -2.27. The number of phenolic OH excluding ortho intramolecular Hbond substituents is 1. The zero-order valence-corrected chi connectivity index (χ0v) is 24.7. The van der Waals surface area contributed by atoms with E-state index in [1.807, 2.05) is 43.3 Å². The monoisotopic (exact) mass is 588 g/mol. The van der Waals surface area contributed by atoms with E-state index in [1.54, 1.807) is 38.3 Å². The Kier molecular flexibility index (Phi) is 8.75. The summed E-state index contributed by atoms with van der Waals surface area (Å²) in [4.78, 5) is 32.8. The van der Waals surface area contributed by atoms with Crippen LogP contribution in [0.3, 0.4) is 0 Å². The summed E-state index contributed by atoms with van der Waals surface area (Å²) < 4.78 is 24.2. The number of rotatable bonds is 10. The van der Waals surface area contributed by atoms with Gasteiger partial charge in [-0.05, 0) is 42.3 Å². The van der Waals surface area contributed by atoms with Crippen LogP contribution in [0.4, 0.5) is 0 Å². The molecule has 0 bridgehead atoms. The van der Waals surface area contributed by atoms with Crippen LogP contribution in [-0.2, 0) is 14.3 Å². The van der Waals surface area contributed by atoms with Crippen molar-refractivity contribution in [2.75, 3.05) is 34.0 Å². The number of aromatic hydroxyl groups is 1. The number of benzene rings is 3. The van der Waals surface area contributed by atoms with Crippen LogP contribution in [0.2, 0.25) is 0 Å². The van der Waals surface area contributed by atoms with Gasteiger partial charge in [-0.3, -0.25) is 9.36 Å². The van der Waals surface area contributed by atoms with E-state index in [-0.39, 0.29) is 30.1 Å². The van der Waals surface area contributed by atoms with E-state index in [0.29, 0.717) is 44.3 Å². The second-order valence-electron chi connectivity index (χ2n) is 9.66. The van der Waals surface area contributed by atoms with Crippen LogP contribution in [-0.4, -0.2) is 49.7 Å². The minimum atomic E-state index is -0.901. The lowest BCUT2D eigenvalue weighted by Crippen LogP contribution is -2.40. The molecule has 0 radical (unpaired) electrons. The molecule has 4 aromatic rings. The van der Waals surface area contributed by atoms with E-state index in [2.05, 4.69) is 4.99 Å². The molecule has 42 heavy (non-hydrogen) atoms. The fourth-order valence-corrected chi connectivity index (χ4v) is 6.04. The SMILES string of the molecule is CCCOc1c(OC)cccc1[C@@H]1C(C(=O)OCCOC)=C(C)N=c2s/c(=C/c3c(O)ccc4ccccc34)c(=O)n21. The highest BCUT2D eigenvalue weighted by Crippen LogP contribution is 2.41. The number of carbonyl (C=O) groups excluding carboxylic acids is 1. The number of esters is 1. The second kappa shape index (κ2) is 12.6. The minimum absolute atomic E-state index is 0.0426. The number of aromatic nitrogens is 1. The van der Waals surface area contributed by atoms with Gasteiger partial charge < -0.3 is 24.1 Å². The molecule has 9 nitrogen and oxygen atoms in total. The van der Waals surface area contributed by atoms with Crippen molar-refractivity contribution >= 4 is 34.2 Å². The Bertz CT molecular complexity index is 1850. The number of nitrogens with zero attached hydrogens (tertiary/aromatic N) is 2. The molecule has 218 valence electrons. The normalized spacial score (nSPS) is 15.0. The molecule has 0 amide bonds. The topological polar surface area (TPSA) is 109 Å². The number of allylic oxidation sites excluding steroid dienone is 1. The van der Waals surface area contributed by atoms with Gasteiger partial charge in [-0.1, -0.05) is 60.7 Å². The Morgan fingerprint density at radius 3 is 2.64 bits per heavy atom. The number of hydrogen-bond donors (Lipinski definition) is 1. The second-order valence-corrected chi connectivity index (χ2v) is 10.7. The summed E-state index contributed by atoms with van der Waals surface area (Å²) in [5, 5.41) is 12.5. The summed E-state index contributed by atoms with van der Waals surface area (Å²) in [6.07, 6.45) is 2.42. The molecular formula is C32H32N2O7S. The van der Waals surface area contributed by atoms with E-state index in [0.717, 1.165) is 17.2 Å². The van der Waals surface area contributed by atoms with Gasteiger partial charge in [0.05, 0.1) is 36.1 Å². The first-order chi connectivity index (χ1) is 20.4. The van der Waals surface area contributed by atoms with Gasteiger partial charge >= 0.3 is 5.97 Å². The van der Waals surface area contributed by atoms with Crippen LogP contribution < -0.4 is 24.4 Å². The number of carbonyl (C=O) groups is 1. The quantitative estimate of drug-likeness (QED) is 0.220. The Balaban J connectivity index is 1.76. The third-order valence-electron chi connectivity index (χ3n) is 6.96. The summed E-state index contributed by atoms with van der Waals surface area (Å²) in [6, 6.07) is 15.6. The van der Waals surface area contributed by atoms with Gasteiger partial charge in [0.25, 0.3) is 5.56 Å². The summed E-state index contributed by atoms with van der Waals surface area (Å²) in [5.41, 5.74) is 1.37. The predicted octanol–water partition coefficient (Wildman–Crippen LogP) is 4.08. The zero-order valence-electron chi connectivity index (χ0n) is 23.9. The molecule has 0 spiro atoms. The highest BCUT2D eigenvalue weighted by Gasteiger charge is 2.36. The third-order valence-corrected chi connectivity index (χ3v) is 7.94. The van der Waals surface area contributed by atoms with Crippen molar-refractivity contribution in [3.8, 4) is 17.2 Å². The first-order valence-corrected chi connectivity index (χ1v) is 14.4.